The molecule has 0 spiro atoms. The minimum atomic E-state index is 0.282. The molecular formula is C23H33ClN2O2S. The Bertz CT molecular complexity index is 746. The number of methoxy groups -OCH3 is 1. The van der Waals surface area contributed by atoms with Crippen molar-refractivity contribution in [3.05, 3.63) is 46.7 Å². The number of aromatic nitrogens is 1. The minimum absolute atomic E-state index is 0.282. The van der Waals surface area contributed by atoms with E-state index in [4.69, 9.17) is 21.1 Å². The van der Waals surface area contributed by atoms with Crippen molar-refractivity contribution in [2.45, 2.75) is 59.1 Å². The molecule has 3 rings (SSSR count). The summed E-state index contributed by atoms with van der Waals surface area (Å²) < 4.78 is 11.8. The fourth-order valence-electron chi connectivity index (χ4n) is 3.51. The lowest BCUT2D eigenvalue weighted by Crippen LogP contribution is -2.25. The van der Waals surface area contributed by atoms with Crippen LogP contribution in [0.4, 0.5) is 5.69 Å². The molecule has 1 aromatic carbocycles. The van der Waals surface area contributed by atoms with E-state index in [2.05, 4.69) is 34.6 Å². The standard InChI is InChI=1S/C21H27ClN2O2S.C2H6/c1-15-12-23-13-19(22)18(15)14-24(9-10-27)16-7-8-20(25-2)21(11-16)26-17-5-3-4-6-17;1-2/h7-8,11-13,17,27H,3-6,9-10,14H2,1-2H3;1-2H3. The number of benzene rings is 1. The van der Waals surface area contributed by atoms with Gasteiger partial charge in [-0.3, -0.25) is 4.98 Å². The Kier molecular flexibility index (Phi) is 9.95. The van der Waals surface area contributed by atoms with E-state index >= 15 is 0 Å². The largest absolute Gasteiger partial charge is 0.493 e. The molecule has 2 aromatic rings. The zero-order valence-corrected chi connectivity index (χ0v) is 19.6. The summed E-state index contributed by atoms with van der Waals surface area (Å²) in [6.07, 6.45) is 8.52. The molecule has 1 aromatic heterocycles. The van der Waals surface area contributed by atoms with Gasteiger partial charge in [-0.15, -0.1) is 0 Å². The second-order valence-electron chi connectivity index (χ2n) is 6.92. The van der Waals surface area contributed by atoms with Gasteiger partial charge in [-0.2, -0.15) is 12.6 Å². The van der Waals surface area contributed by atoms with Crippen molar-refractivity contribution in [1.82, 2.24) is 4.98 Å². The Morgan fingerprint density at radius 3 is 2.52 bits per heavy atom. The highest BCUT2D eigenvalue weighted by molar-refractivity contribution is 7.80. The van der Waals surface area contributed by atoms with Crippen LogP contribution in [0.15, 0.2) is 30.6 Å². The number of rotatable bonds is 8. The number of nitrogens with zero attached hydrogens (tertiary/aromatic N) is 2. The Morgan fingerprint density at radius 2 is 1.90 bits per heavy atom. The van der Waals surface area contributed by atoms with Crippen LogP contribution < -0.4 is 14.4 Å². The summed E-state index contributed by atoms with van der Waals surface area (Å²) in [6.45, 7) is 7.54. The summed E-state index contributed by atoms with van der Waals surface area (Å²) in [5, 5.41) is 0.690. The lowest BCUT2D eigenvalue weighted by Gasteiger charge is -2.27. The molecule has 1 heterocycles. The van der Waals surface area contributed by atoms with Gasteiger partial charge in [0.2, 0.25) is 0 Å². The molecule has 29 heavy (non-hydrogen) atoms. The molecule has 0 amide bonds. The highest BCUT2D eigenvalue weighted by Gasteiger charge is 2.20. The Labute approximate surface area is 186 Å². The van der Waals surface area contributed by atoms with Crippen LogP contribution >= 0.6 is 24.2 Å². The van der Waals surface area contributed by atoms with Crippen molar-refractivity contribution >= 4 is 29.9 Å². The molecule has 1 fully saturated rings. The third-order valence-corrected chi connectivity index (χ3v) is 5.57. The molecule has 1 aliphatic carbocycles. The number of hydrogen-bond donors (Lipinski definition) is 1. The predicted molar refractivity (Wildman–Crippen MR) is 126 cm³/mol. The molecule has 160 valence electrons. The van der Waals surface area contributed by atoms with Gasteiger partial charge in [0.15, 0.2) is 11.5 Å². The van der Waals surface area contributed by atoms with Crippen molar-refractivity contribution in [2.24, 2.45) is 0 Å². The normalized spacial score (nSPS) is 13.6. The third-order valence-electron chi connectivity index (χ3n) is 5.05. The molecule has 0 N–H and O–H groups in total. The van der Waals surface area contributed by atoms with Crippen molar-refractivity contribution in [3.63, 3.8) is 0 Å². The maximum atomic E-state index is 6.40. The fraction of sp³-hybridized carbons (Fsp3) is 0.522. The summed E-state index contributed by atoms with van der Waals surface area (Å²) >= 11 is 10.8. The minimum Gasteiger partial charge on any atom is -0.493 e. The predicted octanol–water partition coefficient (Wildman–Crippen LogP) is 6.34. The van der Waals surface area contributed by atoms with Crippen LogP contribution in [0.25, 0.3) is 0 Å². The summed E-state index contributed by atoms with van der Waals surface area (Å²) in [6, 6.07) is 6.12. The summed E-state index contributed by atoms with van der Waals surface area (Å²) in [4.78, 5) is 6.43. The van der Waals surface area contributed by atoms with Crippen molar-refractivity contribution < 1.29 is 9.47 Å². The SMILES string of the molecule is CC.COc1ccc(N(CCS)Cc2c(C)cncc2Cl)cc1OC1CCCC1. The second-order valence-corrected chi connectivity index (χ2v) is 7.78. The lowest BCUT2D eigenvalue weighted by atomic mass is 10.1. The van der Waals surface area contributed by atoms with E-state index in [0.717, 1.165) is 53.5 Å². The van der Waals surface area contributed by atoms with E-state index in [0.29, 0.717) is 11.6 Å². The number of thiol groups is 1. The van der Waals surface area contributed by atoms with E-state index in [-0.39, 0.29) is 6.10 Å². The molecular weight excluding hydrogens is 404 g/mol. The number of halogens is 1. The summed E-state index contributed by atoms with van der Waals surface area (Å²) in [7, 11) is 1.68. The number of anilines is 1. The fourth-order valence-corrected chi connectivity index (χ4v) is 4.02. The smallest absolute Gasteiger partial charge is 0.163 e. The van der Waals surface area contributed by atoms with E-state index in [9.17, 15) is 0 Å². The quantitative estimate of drug-likeness (QED) is 0.490. The van der Waals surface area contributed by atoms with Gasteiger partial charge in [-0.05, 0) is 55.9 Å². The topological polar surface area (TPSA) is 34.6 Å². The van der Waals surface area contributed by atoms with Gasteiger partial charge in [0.1, 0.15) is 0 Å². The van der Waals surface area contributed by atoms with Crippen LogP contribution in [0.3, 0.4) is 0 Å². The first-order valence-corrected chi connectivity index (χ1v) is 11.4. The second kappa shape index (κ2) is 12.2. The molecule has 0 saturated heterocycles. The van der Waals surface area contributed by atoms with Gasteiger partial charge in [0.05, 0.1) is 18.2 Å². The Morgan fingerprint density at radius 1 is 1.17 bits per heavy atom. The van der Waals surface area contributed by atoms with Gasteiger partial charge in [-0.1, -0.05) is 25.4 Å². The summed E-state index contributed by atoms with van der Waals surface area (Å²) in [5.41, 5.74) is 3.25. The molecule has 0 atom stereocenters. The molecule has 0 radical (unpaired) electrons. The average Bonchev–Trinajstić information content (AvgIpc) is 3.24. The molecule has 0 unspecified atom stereocenters. The van der Waals surface area contributed by atoms with Crippen molar-refractivity contribution in [1.29, 1.82) is 0 Å². The first-order chi connectivity index (χ1) is 14.1. The van der Waals surface area contributed by atoms with Crippen molar-refractivity contribution in [3.8, 4) is 11.5 Å². The van der Waals surface area contributed by atoms with Gasteiger partial charge >= 0.3 is 0 Å². The van der Waals surface area contributed by atoms with E-state index in [1.807, 2.05) is 33.0 Å². The first-order valence-electron chi connectivity index (χ1n) is 10.4. The average molecular weight is 437 g/mol. The molecule has 0 aliphatic heterocycles. The molecule has 1 saturated carbocycles. The molecule has 1 aliphatic rings. The van der Waals surface area contributed by atoms with Crippen LogP contribution in [-0.4, -0.2) is 30.5 Å². The van der Waals surface area contributed by atoms with Crippen LogP contribution in [-0.2, 0) is 6.54 Å². The zero-order valence-electron chi connectivity index (χ0n) is 17.9. The number of pyridine rings is 1. The number of ether oxygens (including phenoxy) is 2. The Balaban J connectivity index is 0.00000145. The summed E-state index contributed by atoms with van der Waals surface area (Å²) in [5.74, 6) is 2.32. The number of aryl methyl sites for hydroxylation is 1. The van der Waals surface area contributed by atoms with Gasteiger partial charge in [0.25, 0.3) is 0 Å². The number of hydrogen-bond acceptors (Lipinski definition) is 5. The molecule has 6 heteroatoms. The van der Waals surface area contributed by atoms with Crippen LogP contribution in [0, 0.1) is 6.92 Å². The van der Waals surface area contributed by atoms with Crippen LogP contribution in [0.2, 0.25) is 5.02 Å². The van der Waals surface area contributed by atoms with Gasteiger partial charge in [-0.25, -0.2) is 0 Å². The van der Waals surface area contributed by atoms with E-state index in [1.54, 1.807) is 13.3 Å². The molecule has 0 bridgehead atoms. The molecule has 4 nitrogen and oxygen atoms in total. The van der Waals surface area contributed by atoms with Gasteiger partial charge in [0, 0.05) is 43.0 Å². The lowest BCUT2D eigenvalue weighted by molar-refractivity contribution is 0.201. The van der Waals surface area contributed by atoms with Gasteiger partial charge < -0.3 is 14.4 Å². The zero-order chi connectivity index (χ0) is 21.2. The highest BCUT2D eigenvalue weighted by atomic mass is 35.5. The first kappa shape index (κ1) is 23.7. The monoisotopic (exact) mass is 436 g/mol. The Hall–Kier alpha value is -1.59. The van der Waals surface area contributed by atoms with Crippen LogP contribution in [0.1, 0.15) is 50.7 Å². The van der Waals surface area contributed by atoms with Crippen LogP contribution in [0.5, 0.6) is 11.5 Å². The highest BCUT2D eigenvalue weighted by Crippen LogP contribution is 2.36. The van der Waals surface area contributed by atoms with E-state index < -0.39 is 0 Å². The van der Waals surface area contributed by atoms with Crippen molar-refractivity contribution in [2.75, 3.05) is 24.3 Å². The third kappa shape index (κ3) is 6.45. The maximum absolute atomic E-state index is 6.40. The maximum Gasteiger partial charge on any atom is 0.163 e. The van der Waals surface area contributed by atoms with E-state index in [1.165, 1.54) is 12.8 Å².